The second-order valence-electron chi connectivity index (χ2n) is 3.33. The van der Waals surface area contributed by atoms with Gasteiger partial charge in [0.2, 0.25) is 0 Å². The lowest BCUT2D eigenvalue weighted by Crippen LogP contribution is -2.02. The second-order valence-corrected chi connectivity index (χ2v) is 5.34. The first-order chi connectivity index (χ1) is 8.00. The largest absolute Gasteiger partial charge is 0.298 e. The highest BCUT2D eigenvalue weighted by Gasteiger charge is 2.11. The molecule has 0 radical (unpaired) electrons. The van der Waals surface area contributed by atoms with Crippen LogP contribution in [0.1, 0.15) is 10.4 Å². The van der Waals surface area contributed by atoms with E-state index in [1.54, 1.807) is 0 Å². The summed E-state index contributed by atoms with van der Waals surface area (Å²) in [5.74, 6) is 0.200. The van der Waals surface area contributed by atoms with Crippen molar-refractivity contribution < 1.29 is 13.2 Å². The van der Waals surface area contributed by atoms with Gasteiger partial charge in [-0.2, -0.15) is 5.10 Å². The van der Waals surface area contributed by atoms with Gasteiger partial charge in [-0.1, -0.05) is 0 Å². The molecule has 0 saturated carbocycles. The molecule has 2 rings (SSSR count). The van der Waals surface area contributed by atoms with Crippen molar-refractivity contribution >= 4 is 16.1 Å². The molecule has 2 heterocycles. The van der Waals surface area contributed by atoms with E-state index in [4.69, 9.17) is 0 Å². The van der Waals surface area contributed by atoms with E-state index in [1.165, 1.54) is 29.5 Å². The van der Waals surface area contributed by atoms with Crippen molar-refractivity contribution in [1.82, 2.24) is 19.7 Å². The van der Waals surface area contributed by atoms with Crippen LogP contribution in [0.4, 0.5) is 0 Å². The van der Waals surface area contributed by atoms with E-state index >= 15 is 0 Å². The van der Waals surface area contributed by atoms with Crippen LogP contribution in [0.5, 0.6) is 0 Å². The molecule has 0 saturated heterocycles. The molecule has 17 heavy (non-hydrogen) atoms. The SMILES string of the molecule is CS(=O)(=O)c1cnn(-c2ncc(C=O)cn2)c1. The minimum atomic E-state index is -3.30. The first-order valence-electron chi connectivity index (χ1n) is 4.53. The van der Waals surface area contributed by atoms with Crippen LogP contribution in [-0.2, 0) is 9.84 Å². The fraction of sp³-hybridized carbons (Fsp3) is 0.111. The first kappa shape index (κ1) is 11.4. The van der Waals surface area contributed by atoms with Gasteiger partial charge in [0.15, 0.2) is 16.1 Å². The third kappa shape index (κ3) is 2.36. The fourth-order valence-corrected chi connectivity index (χ4v) is 1.65. The maximum Gasteiger partial charge on any atom is 0.250 e. The third-order valence-corrected chi connectivity index (χ3v) is 3.05. The molecule has 0 bridgehead atoms. The molecule has 0 amide bonds. The Kier molecular flexibility index (Phi) is 2.72. The van der Waals surface area contributed by atoms with Crippen LogP contribution in [0.2, 0.25) is 0 Å². The number of rotatable bonds is 3. The van der Waals surface area contributed by atoms with E-state index in [9.17, 15) is 13.2 Å². The standard InChI is InChI=1S/C9H8N4O3S/c1-17(15,16)8-4-12-13(5-8)9-10-2-7(6-14)3-11-9/h2-6H,1H3. The summed E-state index contributed by atoms with van der Waals surface area (Å²) in [5, 5.41) is 3.83. The van der Waals surface area contributed by atoms with Crippen LogP contribution in [0.25, 0.3) is 5.95 Å². The predicted octanol–water partition coefficient (Wildman–Crippen LogP) is -0.122. The van der Waals surface area contributed by atoms with Crippen molar-refractivity contribution in [2.75, 3.05) is 6.26 Å². The Balaban J connectivity index is 2.40. The molecule has 0 fully saturated rings. The van der Waals surface area contributed by atoms with Gasteiger partial charge in [-0.25, -0.2) is 23.1 Å². The molecule has 0 aliphatic heterocycles. The Bertz CT molecular complexity index is 645. The molecule has 0 aromatic carbocycles. The Morgan fingerprint density at radius 2 is 1.88 bits per heavy atom. The minimum absolute atomic E-state index is 0.0839. The van der Waals surface area contributed by atoms with Crippen LogP contribution >= 0.6 is 0 Å². The Hall–Kier alpha value is -2.09. The molecular formula is C9H8N4O3S. The van der Waals surface area contributed by atoms with E-state index in [-0.39, 0.29) is 10.8 Å². The molecule has 2 aromatic heterocycles. The van der Waals surface area contributed by atoms with E-state index < -0.39 is 9.84 Å². The molecule has 0 aliphatic rings. The van der Waals surface area contributed by atoms with Crippen LogP contribution in [-0.4, -0.2) is 40.7 Å². The smallest absolute Gasteiger partial charge is 0.250 e. The lowest BCUT2D eigenvalue weighted by atomic mass is 10.4. The summed E-state index contributed by atoms with van der Waals surface area (Å²) in [6, 6.07) is 0. The molecule has 7 nitrogen and oxygen atoms in total. The summed E-state index contributed by atoms with van der Waals surface area (Å²) in [6.45, 7) is 0. The maximum atomic E-state index is 11.2. The molecule has 2 aromatic rings. The quantitative estimate of drug-likeness (QED) is 0.707. The molecule has 0 atom stereocenters. The van der Waals surface area contributed by atoms with E-state index in [1.807, 2.05) is 0 Å². The highest BCUT2D eigenvalue weighted by atomic mass is 32.2. The average Bonchev–Trinajstić information content (AvgIpc) is 2.78. The predicted molar refractivity (Wildman–Crippen MR) is 57.7 cm³/mol. The maximum absolute atomic E-state index is 11.2. The summed E-state index contributed by atoms with van der Waals surface area (Å²) in [5.41, 5.74) is 0.337. The van der Waals surface area contributed by atoms with Crippen molar-refractivity contribution in [1.29, 1.82) is 0 Å². The summed E-state index contributed by atoms with van der Waals surface area (Å²) in [6.07, 6.45) is 6.89. The fourth-order valence-electron chi connectivity index (χ4n) is 1.12. The number of aldehydes is 1. The summed E-state index contributed by atoms with van der Waals surface area (Å²) in [7, 11) is -3.30. The van der Waals surface area contributed by atoms with Crippen LogP contribution in [0.15, 0.2) is 29.7 Å². The summed E-state index contributed by atoms with van der Waals surface area (Å²) < 4.78 is 23.7. The highest BCUT2D eigenvalue weighted by Crippen LogP contribution is 2.08. The average molecular weight is 252 g/mol. The van der Waals surface area contributed by atoms with Crippen molar-refractivity contribution in [2.24, 2.45) is 0 Å². The van der Waals surface area contributed by atoms with E-state index in [2.05, 4.69) is 15.1 Å². The number of carbonyl (C=O) groups is 1. The Morgan fingerprint density at radius 1 is 1.24 bits per heavy atom. The number of nitrogens with zero attached hydrogens (tertiary/aromatic N) is 4. The Morgan fingerprint density at radius 3 is 2.35 bits per heavy atom. The van der Waals surface area contributed by atoms with Gasteiger partial charge in [0.25, 0.3) is 5.95 Å². The number of hydrogen-bond acceptors (Lipinski definition) is 6. The molecule has 8 heteroatoms. The molecule has 0 unspecified atom stereocenters. The van der Waals surface area contributed by atoms with Crippen LogP contribution < -0.4 is 0 Å². The van der Waals surface area contributed by atoms with Gasteiger partial charge >= 0.3 is 0 Å². The first-order valence-corrected chi connectivity index (χ1v) is 6.42. The zero-order valence-corrected chi connectivity index (χ0v) is 9.63. The van der Waals surface area contributed by atoms with Crippen LogP contribution in [0, 0.1) is 0 Å². The number of hydrogen-bond donors (Lipinski definition) is 0. The molecular weight excluding hydrogens is 244 g/mol. The topological polar surface area (TPSA) is 94.8 Å². The van der Waals surface area contributed by atoms with Crippen molar-refractivity contribution in [2.45, 2.75) is 4.90 Å². The van der Waals surface area contributed by atoms with E-state index in [0.29, 0.717) is 11.8 Å². The Labute approximate surface area is 97.1 Å². The highest BCUT2D eigenvalue weighted by molar-refractivity contribution is 7.90. The van der Waals surface area contributed by atoms with Crippen molar-refractivity contribution in [3.05, 3.63) is 30.4 Å². The van der Waals surface area contributed by atoms with Crippen molar-refractivity contribution in [3.63, 3.8) is 0 Å². The summed E-state index contributed by atoms with van der Waals surface area (Å²) in [4.78, 5) is 18.2. The third-order valence-electron chi connectivity index (χ3n) is 1.99. The van der Waals surface area contributed by atoms with Gasteiger partial charge in [0, 0.05) is 18.6 Å². The molecule has 0 N–H and O–H groups in total. The lowest BCUT2D eigenvalue weighted by Gasteiger charge is -1.97. The minimum Gasteiger partial charge on any atom is -0.298 e. The number of sulfone groups is 1. The zero-order chi connectivity index (χ0) is 12.5. The van der Waals surface area contributed by atoms with Crippen molar-refractivity contribution in [3.8, 4) is 5.95 Å². The lowest BCUT2D eigenvalue weighted by molar-refractivity contribution is 0.112. The van der Waals surface area contributed by atoms with Gasteiger partial charge in [-0.15, -0.1) is 0 Å². The summed E-state index contributed by atoms with van der Waals surface area (Å²) >= 11 is 0. The van der Waals surface area contributed by atoms with Gasteiger partial charge < -0.3 is 0 Å². The zero-order valence-electron chi connectivity index (χ0n) is 8.81. The monoisotopic (exact) mass is 252 g/mol. The van der Waals surface area contributed by atoms with E-state index in [0.717, 1.165) is 6.26 Å². The normalized spacial score (nSPS) is 11.4. The van der Waals surface area contributed by atoms with Gasteiger partial charge in [-0.05, 0) is 0 Å². The van der Waals surface area contributed by atoms with Gasteiger partial charge in [0.05, 0.1) is 18.0 Å². The van der Waals surface area contributed by atoms with Gasteiger partial charge in [-0.3, -0.25) is 4.79 Å². The molecule has 88 valence electrons. The van der Waals surface area contributed by atoms with Gasteiger partial charge in [0.1, 0.15) is 4.90 Å². The number of carbonyl (C=O) groups excluding carboxylic acids is 1. The van der Waals surface area contributed by atoms with Crippen LogP contribution in [0.3, 0.4) is 0 Å². The number of aromatic nitrogens is 4. The molecule has 0 spiro atoms. The second kappa shape index (κ2) is 4.06. The molecule has 0 aliphatic carbocycles.